The number of carbonyl (C=O) groups is 2. The average molecular weight is 394 g/mol. The number of fused-ring (bicyclic) bond motifs is 2. The molecular weight excluding hydrogens is 370 g/mol. The van der Waals surface area contributed by atoms with Crippen LogP contribution in [0.5, 0.6) is 0 Å². The summed E-state index contributed by atoms with van der Waals surface area (Å²) in [6.07, 6.45) is 9.46. The van der Waals surface area contributed by atoms with E-state index >= 15 is 0 Å². The molecule has 1 fully saturated rings. The smallest absolute Gasteiger partial charge is 0.243 e. The molecule has 1 aromatic rings. The predicted octanol–water partition coefficient (Wildman–Crippen LogP) is 4.15. The number of carbonyl (C=O) groups excluding carboxylic acids is 2. The normalized spacial score (nSPS) is 21.5. The van der Waals surface area contributed by atoms with Crippen molar-refractivity contribution in [1.82, 2.24) is 5.32 Å². The number of allylic oxidation sites excluding steroid dienone is 6. The molecule has 0 unspecified atom stereocenters. The largest absolute Gasteiger partial charge is 0.484 e. The third-order valence-corrected chi connectivity index (χ3v) is 6.79. The first-order valence-electron chi connectivity index (χ1n) is 9.54. The first-order chi connectivity index (χ1) is 13.6. The first-order valence-corrected chi connectivity index (χ1v) is 10.5. The molecule has 1 spiro atoms. The van der Waals surface area contributed by atoms with E-state index in [9.17, 15) is 9.59 Å². The van der Waals surface area contributed by atoms with Gasteiger partial charge in [-0.2, -0.15) is 0 Å². The van der Waals surface area contributed by atoms with Gasteiger partial charge < -0.3 is 10.1 Å². The van der Waals surface area contributed by atoms with E-state index < -0.39 is 11.6 Å². The summed E-state index contributed by atoms with van der Waals surface area (Å²) in [6.45, 7) is 7.65. The van der Waals surface area contributed by atoms with E-state index in [-0.39, 0.29) is 5.60 Å². The lowest BCUT2D eigenvalue weighted by molar-refractivity contribution is -0.111. The van der Waals surface area contributed by atoms with Crippen LogP contribution >= 0.6 is 11.8 Å². The molecule has 0 bridgehead atoms. The number of piperidine rings is 1. The molecule has 28 heavy (non-hydrogen) atoms. The first kappa shape index (κ1) is 19.0. The number of Topliss-reactive ketones (excluding diaryl/α,β-unsaturated/α-hetero) is 2. The lowest BCUT2D eigenvalue weighted by Crippen LogP contribution is -2.48. The number of thioether (sulfide) groups is 1. The van der Waals surface area contributed by atoms with Gasteiger partial charge in [-0.25, -0.2) is 0 Å². The second-order valence-electron chi connectivity index (χ2n) is 7.25. The van der Waals surface area contributed by atoms with Crippen molar-refractivity contribution in [3.63, 3.8) is 0 Å². The molecule has 5 heteroatoms. The van der Waals surface area contributed by atoms with Crippen LogP contribution < -0.4 is 5.32 Å². The Morgan fingerprint density at radius 2 is 2.00 bits per heavy atom. The van der Waals surface area contributed by atoms with Crippen LogP contribution in [-0.4, -0.2) is 36.0 Å². The van der Waals surface area contributed by atoms with Crippen LogP contribution in [0.2, 0.25) is 0 Å². The second kappa shape index (κ2) is 7.57. The Bertz CT molecular complexity index is 949. The van der Waals surface area contributed by atoms with Crippen LogP contribution in [0.25, 0.3) is 11.3 Å². The minimum atomic E-state index is -0.449. The molecule has 3 aliphatic rings. The van der Waals surface area contributed by atoms with Crippen molar-refractivity contribution >= 4 is 34.7 Å². The molecule has 1 saturated heterocycles. The van der Waals surface area contributed by atoms with E-state index in [2.05, 4.69) is 11.9 Å². The number of ketones is 2. The van der Waals surface area contributed by atoms with E-state index in [4.69, 9.17) is 4.74 Å². The highest BCUT2D eigenvalue weighted by Gasteiger charge is 2.45. The number of hydrogen-bond acceptors (Lipinski definition) is 5. The third kappa shape index (κ3) is 3.19. The Hall–Kier alpha value is -2.37. The maximum absolute atomic E-state index is 12.7. The van der Waals surface area contributed by atoms with Gasteiger partial charge in [-0.1, -0.05) is 36.9 Å². The van der Waals surface area contributed by atoms with Gasteiger partial charge in [-0.15, -0.1) is 11.8 Å². The molecular formula is C23H23NO3S. The molecule has 2 aliphatic heterocycles. The van der Waals surface area contributed by atoms with Crippen LogP contribution in [-0.2, 0) is 9.53 Å². The summed E-state index contributed by atoms with van der Waals surface area (Å²) in [4.78, 5) is 25.8. The zero-order chi connectivity index (χ0) is 19.7. The monoisotopic (exact) mass is 393 g/mol. The van der Waals surface area contributed by atoms with Gasteiger partial charge in [-0.05, 0) is 43.3 Å². The van der Waals surface area contributed by atoms with Crippen molar-refractivity contribution < 1.29 is 14.3 Å². The second-order valence-corrected chi connectivity index (χ2v) is 8.24. The van der Waals surface area contributed by atoms with Gasteiger partial charge in [0.05, 0.1) is 0 Å². The van der Waals surface area contributed by atoms with Gasteiger partial charge in [0, 0.05) is 29.7 Å². The summed E-state index contributed by atoms with van der Waals surface area (Å²) >= 11 is 1.47. The van der Waals surface area contributed by atoms with Gasteiger partial charge in [0.2, 0.25) is 11.6 Å². The van der Waals surface area contributed by atoms with Crippen LogP contribution in [0.3, 0.4) is 0 Å². The Morgan fingerprint density at radius 1 is 1.21 bits per heavy atom. The lowest BCUT2D eigenvalue weighted by atomic mass is 9.88. The number of hydrogen-bond donors (Lipinski definition) is 1. The summed E-state index contributed by atoms with van der Waals surface area (Å²) < 4.78 is 6.50. The molecule has 0 saturated carbocycles. The third-order valence-electron chi connectivity index (χ3n) is 5.46. The van der Waals surface area contributed by atoms with Crippen molar-refractivity contribution in [2.45, 2.75) is 25.4 Å². The van der Waals surface area contributed by atoms with E-state index in [1.807, 2.05) is 37.3 Å². The molecule has 0 amide bonds. The highest BCUT2D eigenvalue weighted by Crippen LogP contribution is 2.47. The summed E-state index contributed by atoms with van der Waals surface area (Å²) in [7, 11) is 0. The molecule has 0 aromatic heterocycles. The fourth-order valence-electron chi connectivity index (χ4n) is 3.85. The highest BCUT2D eigenvalue weighted by molar-refractivity contribution is 8.04. The lowest BCUT2D eigenvalue weighted by Gasteiger charge is -2.43. The van der Waals surface area contributed by atoms with Gasteiger partial charge in [-0.3, -0.25) is 9.59 Å². The summed E-state index contributed by atoms with van der Waals surface area (Å²) in [6, 6.07) is 5.55. The molecule has 1 aliphatic carbocycles. The van der Waals surface area contributed by atoms with Crippen molar-refractivity contribution in [3.8, 4) is 0 Å². The molecule has 0 atom stereocenters. The molecule has 1 N–H and O–H groups in total. The van der Waals surface area contributed by atoms with Crippen LogP contribution in [0.15, 0.2) is 54.0 Å². The van der Waals surface area contributed by atoms with Crippen LogP contribution in [0, 0.1) is 0 Å². The fourth-order valence-corrected chi connectivity index (χ4v) is 5.11. The molecule has 1 aromatic carbocycles. The van der Waals surface area contributed by atoms with Crippen LogP contribution in [0.4, 0.5) is 0 Å². The topological polar surface area (TPSA) is 55.4 Å². The van der Waals surface area contributed by atoms with E-state index in [0.717, 1.165) is 42.6 Å². The summed E-state index contributed by atoms with van der Waals surface area (Å²) in [5, 5.41) is 3.36. The molecule has 4 rings (SSSR count). The average Bonchev–Trinajstić information content (AvgIpc) is 2.73. The SMILES string of the molecule is C=C/C(=C\C=C/C)c1ccc2c(c1)C1=C(SCC3(CCNCC3)O1)C(=O)C2=O. The predicted molar refractivity (Wildman–Crippen MR) is 114 cm³/mol. The maximum atomic E-state index is 12.7. The number of nitrogens with one attached hydrogen (secondary N) is 1. The maximum Gasteiger partial charge on any atom is 0.243 e. The zero-order valence-electron chi connectivity index (χ0n) is 15.9. The van der Waals surface area contributed by atoms with Crippen molar-refractivity contribution in [1.29, 1.82) is 0 Å². The number of rotatable bonds is 3. The Morgan fingerprint density at radius 3 is 2.71 bits per heavy atom. The number of benzene rings is 1. The fraction of sp³-hybridized carbons (Fsp3) is 0.304. The summed E-state index contributed by atoms with van der Waals surface area (Å²) in [5.74, 6) is 0.391. The minimum Gasteiger partial charge on any atom is -0.484 e. The van der Waals surface area contributed by atoms with Crippen molar-refractivity contribution in [2.75, 3.05) is 18.8 Å². The van der Waals surface area contributed by atoms with Gasteiger partial charge in [0.1, 0.15) is 16.3 Å². The zero-order valence-corrected chi connectivity index (χ0v) is 16.7. The van der Waals surface area contributed by atoms with Crippen LogP contribution in [0.1, 0.15) is 41.3 Å². The standard InChI is InChI=1S/C23H23NO3S/c1-3-5-6-15(4-2)16-7-8-17-18(13-16)21-22(20(26)19(17)25)28-14-23(27-21)9-11-24-12-10-23/h3-8,13,24H,2,9-12,14H2,1H3/b5-3-,15-6+. The van der Waals surface area contributed by atoms with E-state index in [1.54, 1.807) is 12.1 Å². The minimum absolute atomic E-state index is 0.273. The van der Waals surface area contributed by atoms with Gasteiger partial charge >= 0.3 is 0 Å². The quantitative estimate of drug-likeness (QED) is 0.618. The highest BCUT2D eigenvalue weighted by atomic mass is 32.2. The van der Waals surface area contributed by atoms with Gasteiger partial charge in [0.15, 0.2) is 0 Å². The number of ether oxygens (including phenoxy) is 1. The van der Waals surface area contributed by atoms with E-state index in [1.165, 1.54) is 11.8 Å². The molecule has 144 valence electrons. The molecule has 4 nitrogen and oxygen atoms in total. The Balaban J connectivity index is 1.82. The molecule has 2 heterocycles. The molecule has 0 radical (unpaired) electrons. The Labute approximate surface area is 169 Å². The van der Waals surface area contributed by atoms with Gasteiger partial charge in [0.25, 0.3) is 0 Å². The Kier molecular flexibility index (Phi) is 5.13. The van der Waals surface area contributed by atoms with Crippen molar-refractivity contribution in [3.05, 3.63) is 70.7 Å². The van der Waals surface area contributed by atoms with E-state index in [0.29, 0.717) is 22.0 Å². The van der Waals surface area contributed by atoms with Crippen molar-refractivity contribution in [2.24, 2.45) is 0 Å². The summed E-state index contributed by atoms with van der Waals surface area (Å²) in [5.41, 5.74) is 2.76.